The fourth-order valence-electron chi connectivity index (χ4n) is 2.43. The maximum Gasteiger partial charge on any atom is 0.170 e. The molecule has 0 aliphatic heterocycles. The largest absolute Gasteiger partial charge is 0.325 e. The van der Waals surface area contributed by atoms with Crippen molar-refractivity contribution in [2.45, 2.75) is 6.92 Å². The number of hydrogen-bond donors (Lipinski definition) is 1. The monoisotopic (exact) mass is 339 g/mol. The molecule has 0 radical (unpaired) electrons. The number of fused-ring (bicyclic) bond motifs is 1. The van der Waals surface area contributed by atoms with Crippen molar-refractivity contribution in [3.8, 4) is 5.69 Å². The van der Waals surface area contributed by atoms with Crippen LogP contribution < -0.4 is 5.32 Å². The quantitative estimate of drug-likeness (QED) is 0.618. The van der Waals surface area contributed by atoms with Crippen molar-refractivity contribution in [1.82, 2.24) is 29.7 Å². The Morgan fingerprint density at radius 1 is 0.920 bits per heavy atom. The lowest BCUT2D eigenvalue weighted by Crippen LogP contribution is -2.04. The van der Waals surface area contributed by atoms with Crippen molar-refractivity contribution in [2.75, 3.05) is 5.32 Å². The third-order valence-corrected chi connectivity index (χ3v) is 3.55. The third kappa shape index (κ3) is 2.75. The molecule has 9 heteroatoms. The second-order valence-electron chi connectivity index (χ2n) is 5.31. The van der Waals surface area contributed by atoms with Gasteiger partial charge in [0.05, 0.1) is 24.1 Å². The first-order chi connectivity index (χ1) is 12.1. The molecule has 4 aromatic rings. The zero-order valence-electron chi connectivity index (χ0n) is 13.0. The van der Waals surface area contributed by atoms with Crippen molar-refractivity contribution in [3.63, 3.8) is 0 Å². The Labute approximate surface area is 140 Å². The van der Waals surface area contributed by atoms with E-state index < -0.39 is 11.6 Å². The molecule has 0 fully saturated rings. The van der Waals surface area contributed by atoms with Gasteiger partial charge in [-0.1, -0.05) is 0 Å². The van der Waals surface area contributed by atoms with E-state index in [9.17, 15) is 8.78 Å². The lowest BCUT2D eigenvalue weighted by atomic mass is 10.3. The number of rotatable bonds is 3. The molecule has 0 saturated heterocycles. The summed E-state index contributed by atoms with van der Waals surface area (Å²) in [6, 6.07) is 3.39. The van der Waals surface area contributed by atoms with Crippen molar-refractivity contribution >= 4 is 22.5 Å². The summed E-state index contributed by atoms with van der Waals surface area (Å²) < 4.78 is 29.2. The van der Waals surface area contributed by atoms with Crippen molar-refractivity contribution in [2.24, 2.45) is 0 Å². The minimum atomic E-state index is -0.803. The Bertz CT molecular complexity index is 1060. The first-order valence-corrected chi connectivity index (χ1v) is 7.30. The summed E-state index contributed by atoms with van der Waals surface area (Å²) >= 11 is 0. The molecule has 0 unspecified atom stereocenters. The molecule has 25 heavy (non-hydrogen) atoms. The average molecular weight is 339 g/mol. The summed E-state index contributed by atoms with van der Waals surface area (Å²) in [5.41, 5.74) is 0.997. The van der Waals surface area contributed by atoms with Crippen LogP contribution in [-0.4, -0.2) is 29.7 Å². The van der Waals surface area contributed by atoms with E-state index >= 15 is 0 Å². The van der Waals surface area contributed by atoms with Gasteiger partial charge in [0, 0.05) is 29.4 Å². The normalized spacial score (nSPS) is 11.0. The Morgan fingerprint density at radius 3 is 2.44 bits per heavy atom. The van der Waals surface area contributed by atoms with Crippen LogP contribution in [0, 0.1) is 18.6 Å². The third-order valence-electron chi connectivity index (χ3n) is 3.55. The van der Waals surface area contributed by atoms with Crippen LogP contribution in [0.15, 0.2) is 43.2 Å². The highest BCUT2D eigenvalue weighted by atomic mass is 19.1. The van der Waals surface area contributed by atoms with E-state index in [0.717, 1.165) is 18.1 Å². The van der Waals surface area contributed by atoms with Gasteiger partial charge in [0.2, 0.25) is 0 Å². The second kappa shape index (κ2) is 5.86. The molecule has 0 aliphatic rings. The van der Waals surface area contributed by atoms with Gasteiger partial charge in [-0.2, -0.15) is 5.10 Å². The minimum absolute atomic E-state index is 0.292. The molecule has 4 aromatic heterocycles. The smallest absolute Gasteiger partial charge is 0.170 e. The maximum atomic E-state index is 14.0. The predicted octanol–water partition coefficient (Wildman–Crippen LogP) is 2.94. The molecule has 0 aliphatic carbocycles. The molecule has 0 atom stereocenters. The van der Waals surface area contributed by atoms with Gasteiger partial charge in [-0.25, -0.2) is 28.4 Å². The van der Waals surface area contributed by atoms with E-state index in [1.54, 1.807) is 18.3 Å². The average Bonchev–Trinajstić information content (AvgIpc) is 2.98. The molecule has 1 N–H and O–H groups in total. The highest BCUT2D eigenvalue weighted by molar-refractivity contribution is 5.82. The first-order valence-electron chi connectivity index (χ1n) is 7.30. The fourth-order valence-corrected chi connectivity index (χ4v) is 2.43. The highest BCUT2D eigenvalue weighted by Crippen LogP contribution is 2.24. The number of hydrogen-bond acceptors (Lipinski definition) is 6. The topological polar surface area (TPSA) is 81.4 Å². The van der Waals surface area contributed by atoms with E-state index in [1.807, 2.05) is 6.92 Å². The number of aryl methyl sites for hydroxylation is 1. The first kappa shape index (κ1) is 15.1. The van der Waals surface area contributed by atoms with Crippen LogP contribution in [0.5, 0.6) is 0 Å². The van der Waals surface area contributed by atoms with E-state index in [4.69, 9.17) is 0 Å². The number of aromatic nitrogens is 6. The van der Waals surface area contributed by atoms with Crippen LogP contribution in [0.3, 0.4) is 0 Å². The van der Waals surface area contributed by atoms with Crippen LogP contribution >= 0.6 is 0 Å². The lowest BCUT2D eigenvalue weighted by molar-refractivity contribution is 0.553. The SMILES string of the molecule is Cc1cc(Nc2cc3c(cn2)cnn3-c2c(F)cncc2F)ncn1. The van der Waals surface area contributed by atoms with Gasteiger partial charge in [-0.05, 0) is 6.92 Å². The van der Waals surface area contributed by atoms with E-state index in [0.29, 0.717) is 22.5 Å². The Morgan fingerprint density at radius 2 is 1.68 bits per heavy atom. The molecule has 0 amide bonds. The number of nitrogens with one attached hydrogen (secondary N) is 1. The van der Waals surface area contributed by atoms with Crippen molar-refractivity contribution < 1.29 is 8.78 Å². The molecule has 0 saturated carbocycles. The van der Waals surface area contributed by atoms with Gasteiger partial charge >= 0.3 is 0 Å². The van der Waals surface area contributed by atoms with Gasteiger partial charge in [0.15, 0.2) is 11.6 Å². The predicted molar refractivity (Wildman–Crippen MR) is 86.6 cm³/mol. The minimum Gasteiger partial charge on any atom is -0.325 e. The van der Waals surface area contributed by atoms with Crippen molar-refractivity contribution in [3.05, 3.63) is 60.6 Å². The maximum absolute atomic E-state index is 14.0. The second-order valence-corrected chi connectivity index (χ2v) is 5.31. The fraction of sp³-hybridized carbons (Fsp3) is 0.0625. The molecular formula is C16H11F2N7. The van der Waals surface area contributed by atoms with Gasteiger partial charge in [0.1, 0.15) is 23.7 Å². The zero-order chi connectivity index (χ0) is 17.4. The molecule has 4 heterocycles. The Kier molecular flexibility index (Phi) is 3.53. The zero-order valence-corrected chi connectivity index (χ0v) is 13.0. The number of nitrogens with zero attached hydrogens (tertiary/aromatic N) is 6. The van der Waals surface area contributed by atoms with Crippen LogP contribution in [0.4, 0.5) is 20.4 Å². The molecule has 0 bridgehead atoms. The summed E-state index contributed by atoms with van der Waals surface area (Å²) in [6.07, 6.45) is 6.36. The molecule has 7 nitrogen and oxygen atoms in total. The molecule has 0 spiro atoms. The van der Waals surface area contributed by atoms with E-state index in [2.05, 4.69) is 30.4 Å². The Balaban J connectivity index is 1.80. The summed E-state index contributed by atoms with van der Waals surface area (Å²) in [4.78, 5) is 15.9. The molecule has 4 rings (SSSR count). The van der Waals surface area contributed by atoms with Gasteiger partial charge < -0.3 is 5.32 Å². The van der Waals surface area contributed by atoms with Crippen molar-refractivity contribution in [1.29, 1.82) is 0 Å². The van der Waals surface area contributed by atoms with Crippen LogP contribution in [0.1, 0.15) is 5.69 Å². The van der Waals surface area contributed by atoms with Gasteiger partial charge in [0.25, 0.3) is 0 Å². The summed E-state index contributed by atoms with van der Waals surface area (Å²) in [7, 11) is 0. The van der Waals surface area contributed by atoms with Gasteiger partial charge in [-0.15, -0.1) is 0 Å². The number of anilines is 2. The van der Waals surface area contributed by atoms with Crippen LogP contribution in [-0.2, 0) is 0 Å². The summed E-state index contributed by atoms with van der Waals surface area (Å²) in [5.74, 6) is -0.584. The van der Waals surface area contributed by atoms with Gasteiger partial charge in [-0.3, -0.25) is 4.98 Å². The number of halogens is 2. The molecular weight excluding hydrogens is 328 g/mol. The van der Waals surface area contributed by atoms with Crippen LogP contribution in [0.2, 0.25) is 0 Å². The van der Waals surface area contributed by atoms with E-state index in [-0.39, 0.29) is 5.69 Å². The standard InChI is InChI=1S/C16H11F2N7/c1-9-2-14(22-8-21-9)24-15-3-13-10(4-20-15)5-23-25(13)16-11(17)6-19-7-12(16)18/h2-8H,1H3,(H,20,21,22,24). The molecule has 124 valence electrons. The Hall–Kier alpha value is -3.49. The lowest BCUT2D eigenvalue weighted by Gasteiger charge is -2.08. The summed E-state index contributed by atoms with van der Waals surface area (Å²) in [5, 5.41) is 7.74. The highest BCUT2D eigenvalue weighted by Gasteiger charge is 2.15. The van der Waals surface area contributed by atoms with E-state index in [1.165, 1.54) is 17.2 Å². The molecule has 0 aromatic carbocycles. The number of pyridine rings is 2. The van der Waals surface area contributed by atoms with Crippen LogP contribution in [0.25, 0.3) is 16.6 Å². The summed E-state index contributed by atoms with van der Waals surface area (Å²) in [6.45, 7) is 1.84.